The van der Waals surface area contributed by atoms with Crippen molar-refractivity contribution < 1.29 is 9.47 Å². The minimum Gasteiger partial charge on any atom is -0.497 e. The van der Waals surface area contributed by atoms with E-state index in [1.807, 2.05) is 54.6 Å². The van der Waals surface area contributed by atoms with Crippen molar-refractivity contribution in [3.05, 3.63) is 41.5 Å². The van der Waals surface area contributed by atoms with Crippen LogP contribution in [0, 0.1) is 6.92 Å². The van der Waals surface area contributed by atoms with E-state index in [-0.39, 0.29) is 5.60 Å². The van der Waals surface area contributed by atoms with Gasteiger partial charge in [0.25, 0.3) is 0 Å². The number of guanidine groups is 1. The summed E-state index contributed by atoms with van der Waals surface area (Å²) in [7, 11) is 3.66. The second kappa shape index (κ2) is 9.91. The maximum absolute atomic E-state index is 6.18. The Morgan fingerprint density at radius 2 is 2.19 bits per heavy atom. The van der Waals surface area contributed by atoms with Gasteiger partial charge in [0.05, 0.1) is 25.8 Å². The van der Waals surface area contributed by atoms with Crippen LogP contribution in [0.2, 0.25) is 0 Å². The molecule has 0 aliphatic carbocycles. The Labute approximate surface area is 188 Å². The summed E-state index contributed by atoms with van der Waals surface area (Å²) < 4.78 is 13.4. The molecule has 2 aromatic rings. The molecule has 0 saturated carbocycles. The molecule has 0 amide bonds. The summed E-state index contributed by atoms with van der Waals surface area (Å²) in [5, 5.41) is 15.5. The van der Waals surface area contributed by atoms with Crippen molar-refractivity contribution in [2.24, 2.45) is 12.0 Å². The molecule has 0 bridgehead atoms. The Kier molecular flexibility index (Phi) is 7.02. The number of aryl methyl sites for hydroxylation is 1. The first-order valence-electron chi connectivity index (χ1n) is 10.8. The normalized spacial score (nSPS) is 23.8. The van der Waals surface area contributed by atoms with E-state index in [4.69, 9.17) is 14.5 Å². The summed E-state index contributed by atoms with van der Waals surface area (Å²) in [5.74, 6) is 5.70. The van der Waals surface area contributed by atoms with Gasteiger partial charge in [-0.05, 0) is 49.6 Å². The van der Waals surface area contributed by atoms with Crippen LogP contribution in [0.4, 0.5) is 0 Å². The van der Waals surface area contributed by atoms with E-state index >= 15 is 0 Å². The molecule has 31 heavy (non-hydrogen) atoms. The molecule has 8 nitrogen and oxygen atoms in total. The Balaban J connectivity index is 1.44. The van der Waals surface area contributed by atoms with E-state index in [1.165, 1.54) is 5.75 Å². The highest BCUT2D eigenvalue weighted by Crippen LogP contribution is 2.38. The molecule has 1 aromatic heterocycles. The van der Waals surface area contributed by atoms with Crippen LogP contribution in [0.15, 0.2) is 29.3 Å². The molecule has 1 spiro atoms. The van der Waals surface area contributed by atoms with Gasteiger partial charge in [-0.3, -0.25) is 0 Å². The highest BCUT2D eigenvalue weighted by molar-refractivity contribution is 7.99. The van der Waals surface area contributed by atoms with Crippen molar-refractivity contribution in [3.63, 3.8) is 0 Å². The molecule has 2 aliphatic rings. The largest absolute Gasteiger partial charge is 0.497 e. The SMILES string of the molecule is COc1ccc(CN=C(NCc2nnc(C)n2C)NC2CCOC3(CCSC3)C2)cc1. The van der Waals surface area contributed by atoms with Crippen LogP contribution in [-0.2, 0) is 24.9 Å². The molecule has 3 heterocycles. The minimum atomic E-state index is 0.0301. The number of rotatable bonds is 6. The number of hydrogen-bond donors (Lipinski definition) is 2. The summed E-state index contributed by atoms with van der Waals surface area (Å²) in [5.41, 5.74) is 1.16. The van der Waals surface area contributed by atoms with Crippen molar-refractivity contribution >= 4 is 17.7 Å². The molecule has 2 aliphatic heterocycles. The highest BCUT2D eigenvalue weighted by Gasteiger charge is 2.40. The zero-order chi connectivity index (χ0) is 21.7. The first kappa shape index (κ1) is 22.0. The standard InChI is InChI=1S/C22H32N6O2S/c1-16-26-27-20(28(16)2)14-24-21(23-13-17-4-6-19(29-3)7-5-17)25-18-8-10-30-22(12-18)9-11-31-15-22/h4-7,18H,8-15H2,1-3H3,(H2,23,24,25). The van der Waals surface area contributed by atoms with Gasteiger partial charge in [-0.15, -0.1) is 10.2 Å². The Hall–Kier alpha value is -2.26. The van der Waals surface area contributed by atoms with Gasteiger partial charge in [0.15, 0.2) is 11.8 Å². The molecule has 2 N–H and O–H groups in total. The van der Waals surface area contributed by atoms with Gasteiger partial charge in [0, 0.05) is 25.4 Å². The van der Waals surface area contributed by atoms with E-state index in [0.29, 0.717) is 19.1 Å². The molecule has 2 unspecified atom stereocenters. The number of nitrogens with zero attached hydrogens (tertiary/aromatic N) is 4. The monoisotopic (exact) mass is 444 g/mol. The molecular formula is C22H32N6O2S. The molecule has 9 heteroatoms. The average molecular weight is 445 g/mol. The van der Waals surface area contributed by atoms with Gasteiger partial charge < -0.3 is 24.7 Å². The third-order valence-corrected chi connectivity index (χ3v) is 7.30. The Morgan fingerprint density at radius 3 is 2.87 bits per heavy atom. The third kappa shape index (κ3) is 5.51. The fourth-order valence-corrected chi connectivity index (χ4v) is 5.41. The fraction of sp³-hybridized carbons (Fsp3) is 0.591. The van der Waals surface area contributed by atoms with Crippen LogP contribution in [0.1, 0.15) is 36.5 Å². The second-order valence-corrected chi connectivity index (χ2v) is 9.36. The molecule has 2 fully saturated rings. The summed E-state index contributed by atoms with van der Waals surface area (Å²) >= 11 is 2.00. The fourth-order valence-electron chi connectivity index (χ4n) is 4.03. The van der Waals surface area contributed by atoms with Crippen molar-refractivity contribution in [2.45, 2.75) is 50.9 Å². The number of aliphatic imine (C=N–C) groups is 1. The van der Waals surface area contributed by atoms with Crippen LogP contribution < -0.4 is 15.4 Å². The molecule has 2 atom stereocenters. The van der Waals surface area contributed by atoms with Crippen LogP contribution in [0.3, 0.4) is 0 Å². The topological polar surface area (TPSA) is 85.6 Å². The Morgan fingerprint density at radius 1 is 1.35 bits per heavy atom. The molecule has 4 rings (SSSR count). The van der Waals surface area contributed by atoms with E-state index in [0.717, 1.165) is 60.5 Å². The van der Waals surface area contributed by atoms with E-state index in [2.05, 4.69) is 20.8 Å². The third-order valence-electron chi connectivity index (χ3n) is 6.08. The molecule has 168 valence electrons. The van der Waals surface area contributed by atoms with Gasteiger partial charge in [-0.2, -0.15) is 11.8 Å². The predicted octanol–water partition coefficient (Wildman–Crippen LogP) is 2.42. The van der Waals surface area contributed by atoms with Crippen molar-refractivity contribution in [2.75, 3.05) is 25.2 Å². The van der Waals surface area contributed by atoms with E-state index in [1.54, 1.807) is 7.11 Å². The molecule has 0 radical (unpaired) electrons. The maximum Gasteiger partial charge on any atom is 0.192 e. The number of thioether (sulfide) groups is 1. The number of methoxy groups -OCH3 is 1. The Bertz CT molecular complexity index is 892. The first-order valence-corrected chi connectivity index (χ1v) is 12.0. The number of nitrogens with one attached hydrogen (secondary N) is 2. The molecular weight excluding hydrogens is 412 g/mol. The minimum absolute atomic E-state index is 0.0301. The smallest absolute Gasteiger partial charge is 0.192 e. The first-order chi connectivity index (χ1) is 15.1. The lowest BCUT2D eigenvalue weighted by Crippen LogP contribution is -2.51. The lowest BCUT2D eigenvalue weighted by molar-refractivity contribution is -0.0679. The molecule has 2 saturated heterocycles. The summed E-state index contributed by atoms with van der Waals surface area (Å²) in [4.78, 5) is 4.86. The van der Waals surface area contributed by atoms with Gasteiger partial charge in [-0.1, -0.05) is 12.1 Å². The van der Waals surface area contributed by atoms with Crippen LogP contribution >= 0.6 is 11.8 Å². The van der Waals surface area contributed by atoms with Crippen LogP contribution in [-0.4, -0.2) is 57.6 Å². The number of ether oxygens (including phenoxy) is 2. The quantitative estimate of drug-likeness (QED) is 0.523. The number of aromatic nitrogens is 3. The van der Waals surface area contributed by atoms with E-state index in [9.17, 15) is 0 Å². The number of hydrogen-bond acceptors (Lipinski definition) is 6. The van der Waals surface area contributed by atoms with Crippen molar-refractivity contribution in [1.82, 2.24) is 25.4 Å². The number of benzene rings is 1. The molecule has 1 aromatic carbocycles. The predicted molar refractivity (Wildman–Crippen MR) is 123 cm³/mol. The zero-order valence-corrected chi connectivity index (χ0v) is 19.4. The lowest BCUT2D eigenvalue weighted by Gasteiger charge is -2.38. The second-order valence-electron chi connectivity index (χ2n) is 8.26. The lowest BCUT2D eigenvalue weighted by atomic mass is 9.90. The van der Waals surface area contributed by atoms with Gasteiger partial charge in [-0.25, -0.2) is 4.99 Å². The van der Waals surface area contributed by atoms with Crippen LogP contribution in [0.25, 0.3) is 0 Å². The highest BCUT2D eigenvalue weighted by atomic mass is 32.2. The van der Waals surface area contributed by atoms with Crippen LogP contribution in [0.5, 0.6) is 5.75 Å². The van der Waals surface area contributed by atoms with Gasteiger partial charge in [0.2, 0.25) is 0 Å². The van der Waals surface area contributed by atoms with Crippen molar-refractivity contribution in [1.29, 1.82) is 0 Å². The van der Waals surface area contributed by atoms with Crippen molar-refractivity contribution in [3.8, 4) is 5.75 Å². The summed E-state index contributed by atoms with van der Waals surface area (Å²) in [6.07, 6.45) is 3.14. The van der Waals surface area contributed by atoms with Gasteiger partial charge in [0.1, 0.15) is 11.6 Å². The zero-order valence-electron chi connectivity index (χ0n) is 18.6. The summed E-state index contributed by atoms with van der Waals surface area (Å²) in [6.45, 7) is 3.90. The van der Waals surface area contributed by atoms with E-state index < -0.39 is 0 Å². The average Bonchev–Trinajstić information content (AvgIpc) is 3.37. The van der Waals surface area contributed by atoms with Gasteiger partial charge >= 0.3 is 0 Å². The maximum atomic E-state index is 6.18. The summed E-state index contributed by atoms with van der Waals surface area (Å²) in [6, 6.07) is 8.37.